The van der Waals surface area contributed by atoms with Crippen molar-refractivity contribution >= 4 is 11.6 Å². The molecule has 0 fully saturated rings. The number of hydrogen-bond acceptors (Lipinski definition) is 3. The highest BCUT2D eigenvalue weighted by Crippen LogP contribution is 2.15. The minimum Gasteiger partial charge on any atom is -0.396 e. The zero-order chi connectivity index (χ0) is 17.4. The van der Waals surface area contributed by atoms with Crippen LogP contribution in [0.15, 0.2) is 54.6 Å². The second-order valence-corrected chi connectivity index (χ2v) is 6.32. The third-order valence-electron chi connectivity index (χ3n) is 3.81. The van der Waals surface area contributed by atoms with Crippen LogP contribution in [0.3, 0.4) is 0 Å². The van der Waals surface area contributed by atoms with Crippen LogP contribution in [-0.2, 0) is 17.9 Å². The van der Waals surface area contributed by atoms with E-state index in [0.29, 0.717) is 0 Å². The van der Waals surface area contributed by atoms with Crippen molar-refractivity contribution in [3.8, 4) is 0 Å². The van der Waals surface area contributed by atoms with Gasteiger partial charge in [0, 0.05) is 38.9 Å². The second kappa shape index (κ2) is 9.21. The van der Waals surface area contributed by atoms with Gasteiger partial charge in [0.25, 0.3) is 0 Å². The molecule has 0 aliphatic heterocycles. The summed E-state index contributed by atoms with van der Waals surface area (Å²) < 4.78 is 0. The highest BCUT2D eigenvalue weighted by Gasteiger charge is 2.11. The first kappa shape index (κ1) is 18.2. The van der Waals surface area contributed by atoms with Crippen LogP contribution in [0, 0.1) is 5.92 Å². The highest BCUT2D eigenvalue weighted by atomic mass is 16.3. The molecule has 0 aliphatic rings. The molecule has 4 nitrogen and oxygen atoms in total. The summed E-state index contributed by atoms with van der Waals surface area (Å²) in [7, 11) is 0. The molecular formula is C20H26N2O2. The average Bonchev–Trinajstić information content (AvgIpc) is 2.57. The first-order valence-electron chi connectivity index (χ1n) is 8.30. The van der Waals surface area contributed by atoms with E-state index in [1.54, 1.807) is 0 Å². The van der Waals surface area contributed by atoms with E-state index in [2.05, 4.69) is 29.3 Å². The molecule has 1 amide bonds. The molecule has 2 aromatic rings. The Balaban J connectivity index is 2.05. The topological polar surface area (TPSA) is 52.6 Å². The number of hydrogen-bond donors (Lipinski definition) is 2. The monoisotopic (exact) mass is 326 g/mol. The molecule has 128 valence electrons. The highest BCUT2D eigenvalue weighted by molar-refractivity contribution is 5.88. The summed E-state index contributed by atoms with van der Waals surface area (Å²) in [4.78, 5) is 13.4. The second-order valence-electron chi connectivity index (χ2n) is 6.32. The minimum atomic E-state index is -0.0646. The van der Waals surface area contributed by atoms with Crippen LogP contribution >= 0.6 is 0 Å². The van der Waals surface area contributed by atoms with Crippen molar-refractivity contribution in [1.29, 1.82) is 0 Å². The molecular weight excluding hydrogens is 300 g/mol. The summed E-state index contributed by atoms with van der Waals surface area (Å²) in [5.74, 6) is 0.164. The number of amides is 1. The quantitative estimate of drug-likeness (QED) is 0.783. The Morgan fingerprint density at radius 2 is 1.62 bits per heavy atom. The smallest absolute Gasteiger partial charge is 0.221 e. The van der Waals surface area contributed by atoms with Gasteiger partial charge in [0.15, 0.2) is 0 Å². The van der Waals surface area contributed by atoms with Gasteiger partial charge in [-0.2, -0.15) is 0 Å². The molecule has 1 unspecified atom stereocenters. The Labute approximate surface area is 144 Å². The fraction of sp³-hybridized carbons (Fsp3) is 0.350. The summed E-state index contributed by atoms with van der Waals surface area (Å²) in [6, 6.07) is 18.3. The number of nitrogens with zero attached hydrogens (tertiary/aromatic N) is 1. The van der Waals surface area contributed by atoms with Crippen molar-refractivity contribution in [3.05, 3.63) is 65.7 Å². The maximum absolute atomic E-state index is 11.1. The van der Waals surface area contributed by atoms with E-state index in [-0.39, 0.29) is 18.4 Å². The Morgan fingerprint density at radius 3 is 2.17 bits per heavy atom. The standard InChI is InChI=1S/C20H26N2O2/c1-16(15-23)12-22(13-18-6-4-3-5-7-18)14-19-8-10-20(11-9-19)21-17(2)24/h3-11,16,23H,12-15H2,1-2H3,(H,21,24). The number of nitrogens with one attached hydrogen (secondary N) is 1. The molecule has 2 N–H and O–H groups in total. The molecule has 0 saturated heterocycles. The van der Waals surface area contributed by atoms with Gasteiger partial charge in [0.2, 0.25) is 5.91 Å². The van der Waals surface area contributed by atoms with Gasteiger partial charge in [-0.3, -0.25) is 9.69 Å². The van der Waals surface area contributed by atoms with E-state index in [0.717, 1.165) is 25.3 Å². The molecule has 0 aromatic heterocycles. The lowest BCUT2D eigenvalue weighted by atomic mass is 10.1. The Kier molecular flexibility index (Phi) is 6.97. The Bertz CT molecular complexity index is 626. The first-order valence-corrected chi connectivity index (χ1v) is 8.30. The van der Waals surface area contributed by atoms with E-state index in [1.807, 2.05) is 42.5 Å². The number of aliphatic hydroxyl groups is 1. The summed E-state index contributed by atoms with van der Waals surface area (Å²) >= 11 is 0. The van der Waals surface area contributed by atoms with Crippen molar-refractivity contribution in [2.45, 2.75) is 26.9 Å². The molecule has 2 rings (SSSR count). The van der Waals surface area contributed by atoms with E-state index in [4.69, 9.17) is 0 Å². The van der Waals surface area contributed by atoms with Crippen molar-refractivity contribution in [2.24, 2.45) is 5.92 Å². The number of rotatable bonds is 8. The first-order chi connectivity index (χ1) is 11.6. The fourth-order valence-corrected chi connectivity index (χ4v) is 2.68. The van der Waals surface area contributed by atoms with Gasteiger partial charge in [0.1, 0.15) is 0 Å². The largest absolute Gasteiger partial charge is 0.396 e. The van der Waals surface area contributed by atoms with Gasteiger partial charge < -0.3 is 10.4 Å². The molecule has 2 aromatic carbocycles. The van der Waals surface area contributed by atoms with Crippen LogP contribution < -0.4 is 5.32 Å². The predicted molar refractivity (Wildman–Crippen MR) is 97.6 cm³/mol. The molecule has 0 spiro atoms. The van der Waals surface area contributed by atoms with Crippen LogP contribution in [0.2, 0.25) is 0 Å². The molecule has 0 saturated carbocycles. The molecule has 0 radical (unpaired) electrons. The number of anilines is 1. The van der Waals surface area contributed by atoms with Crippen molar-refractivity contribution in [2.75, 3.05) is 18.5 Å². The van der Waals surface area contributed by atoms with Gasteiger partial charge in [-0.05, 0) is 29.2 Å². The van der Waals surface area contributed by atoms with Crippen LogP contribution in [-0.4, -0.2) is 29.1 Å². The van der Waals surface area contributed by atoms with Gasteiger partial charge in [-0.15, -0.1) is 0 Å². The average molecular weight is 326 g/mol. The Hall–Kier alpha value is -2.17. The molecule has 0 bridgehead atoms. The lowest BCUT2D eigenvalue weighted by Gasteiger charge is -2.25. The van der Waals surface area contributed by atoms with Crippen LogP contribution in [0.1, 0.15) is 25.0 Å². The lowest BCUT2D eigenvalue weighted by Crippen LogP contribution is -2.29. The minimum absolute atomic E-state index is 0.0646. The Morgan fingerprint density at radius 1 is 1.04 bits per heavy atom. The van der Waals surface area contributed by atoms with Crippen LogP contribution in [0.25, 0.3) is 0 Å². The van der Waals surface area contributed by atoms with E-state index in [1.165, 1.54) is 18.1 Å². The molecule has 0 heterocycles. The van der Waals surface area contributed by atoms with E-state index < -0.39 is 0 Å². The number of aliphatic hydroxyl groups excluding tert-OH is 1. The summed E-state index contributed by atoms with van der Waals surface area (Å²) in [5, 5.41) is 12.2. The molecule has 4 heteroatoms. The predicted octanol–water partition coefficient (Wildman–Crippen LogP) is 3.28. The normalized spacial score (nSPS) is 12.2. The number of carbonyl (C=O) groups is 1. The van der Waals surface area contributed by atoms with Crippen LogP contribution in [0.5, 0.6) is 0 Å². The van der Waals surface area contributed by atoms with Gasteiger partial charge in [-0.1, -0.05) is 49.4 Å². The fourth-order valence-electron chi connectivity index (χ4n) is 2.68. The van der Waals surface area contributed by atoms with Crippen LogP contribution in [0.4, 0.5) is 5.69 Å². The third-order valence-corrected chi connectivity index (χ3v) is 3.81. The maximum Gasteiger partial charge on any atom is 0.221 e. The molecule has 0 aliphatic carbocycles. The van der Waals surface area contributed by atoms with Crippen molar-refractivity contribution < 1.29 is 9.90 Å². The van der Waals surface area contributed by atoms with Gasteiger partial charge in [-0.25, -0.2) is 0 Å². The number of carbonyl (C=O) groups excluding carboxylic acids is 1. The van der Waals surface area contributed by atoms with Crippen molar-refractivity contribution in [1.82, 2.24) is 4.90 Å². The lowest BCUT2D eigenvalue weighted by molar-refractivity contribution is -0.114. The maximum atomic E-state index is 11.1. The SMILES string of the molecule is CC(=O)Nc1ccc(CN(Cc2ccccc2)CC(C)CO)cc1. The zero-order valence-corrected chi connectivity index (χ0v) is 14.4. The molecule has 1 atom stereocenters. The van der Waals surface area contributed by atoms with Gasteiger partial charge >= 0.3 is 0 Å². The summed E-state index contributed by atoms with van der Waals surface area (Å²) in [5.41, 5.74) is 3.26. The van der Waals surface area contributed by atoms with E-state index >= 15 is 0 Å². The zero-order valence-electron chi connectivity index (χ0n) is 14.4. The summed E-state index contributed by atoms with van der Waals surface area (Å²) in [6.45, 7) is 6.23. The van der Waals surface area contributed by atoms with Crippen molar-refractivity contribution in [3.63, 3.8) is 0 Å². The summed E-state index contributed by atoms with van der Waals surface area (Å²) in [6.07, 6.45) is 0. The van der Waals surface area contributed by atoms with E-state index in [9.17, 15) is 9.90 Å². The third kappa shape index (κ3) is 6.14. The van der Waals surface area contributed by atoms with Gasteiger partial charge in [0.05, 0.1) is 0 Å². The number of benzene rings is 2. The molecule has 24 heavy (non-hydrogen) atoms.